The summed E-state index contributed by atoms with van der Waals surface area (Å²) >= 11 is 4.65. The Kier molecular flexibility index (Phi) is 6.03. The highest BCUT2D eigenvalue weighted by Crippen LogP contribution is 2.19. The summed E-state index contributed by atoms with van der Waals surface area (Å²) in [4.78, 5) is 2.04. The van der Waals surface area contributed by atoms with E-state index in [-0.39, 0.29) is 6.54 Å². The standard InChI is InChI=1S/C8H15F3N2S/c1-13(5-2-3-7(12)14)6-4-8(9,10)11/h2-6H2,1H3,(H2,12,14). The molecule has 6 heteroatoms. The van der Waals surface area contributed by atoms with Crippen LogP contribution in [0.2, 0.25) is 0 Å². The van der Waals surface area contributed by atoms with E-state index in [1.165, 1.54) is 0 Å². The molecule has 0 unspecified atom stereocenters. The first-order valence-electron chi connectivity index (χ1n) is 4.35. The summed E-state index contributed by atoms with van der Waals surface area (Å²) in [7, 11) is 1.66. The van der Waals surface area contributed by atoms with E-state index >= 15 is 0 Å². The van der Waals surface area contributed by atoms with Gasteiger partial charge >= 0.3 is 6.18 Å². The van der Waals surface area contributed by atoms with Crippen LogP contribution in [0.5, 0.6) is 0 Å². The fourth-order valence-electron chi connectivity index (χ4n) is 0.953. The van der Waals surface area contributed by atoms with Crippen molar-refractivity contribution in [3.63, 3.8) is 0 Å². The van der Waals surface area contributed by atoms with E-state index in [9.17, 15) is 13.2 Å². The van der Waals surface area contributed by atoms with E-state index in [2.05, 4.69) is 12.2 Å². The molecule has 0 saturated carbocycles. The predicted octanol–water partition coefficient (Wildman–Crippen LogP) is 1.94. The molecule has 0 bridgehead atoms. The normalized spacial score (nSPS) is 12.1. The van der Waals surface area contributed by atoms with Gasteiger partial charge in [0.2, 0.25) is 0 Å². The second-order valence-electron chi connectivity index (χ2n) is 3.24. The molecule has 2 nitrogen and oxygen atoms in total. The molecular weight excluding hydrogens is 213 g/mol. The minimum absolute atomic E-state index is 0.0286. The maximum absolute atomic E-state index is 11.8. The number of hydrogen-bond donors (Lipinski definition) is 1. The van der Waals surface area contributed by atoms with Crippen molar-refractivity contribution in [1.82, 2.24) is 4.90 Å². The average Bonchev–Trinajstić information content (AvgIpc) is 1.99. The minimum Gasteiger partial charge on any atom is -0.393 e. The molecule has 14 heavy (non-hydrogen) atoms. The molecule has 0 atom stereocenters. The minimum atomic E-state index is -4.07. The molecule has 0 saturated heterocycles. The Morgan fingerprint density at radius 1 is 1.36 bits per heavy atom. The third-order valence-corrected chi connectivity index (χ3v) is 1.94. The monoisotopic (exact) mass is 228 g/mol. The number of nitrogens with zero attached hydrogens (tertiary/aromatic N) is 1. The van der Waals surface area contributed by atoms with Gasteiger partial charge < -0.3 is 10.6 Å². The summed E-state index contributed by atoms with van der Waals surface area (Å²) in [5.41, 5.74) is 5.25. The summed E-state index contributed by atoms with van der Waals surface area (Å²) in [5, 5.41) is 0. The van der Waals surface area contributed by atoms with Gasteiger partial charge in [-0.2, -0.15) is 13.2 Å². The smallest absolute Gasteiger partial charge is 0.390 e. The topological polar surface area (TPSA) is 29.3 Å². The number of hydrogen-bond acceptors (Lipinski definition) is 2. The summed E-state index contributed by atoms with van der Waals surface area (Å²) in [5.74, 6) is 0. The molecule has 0 aromatic rings. The van der Waals surface area contributed by atoms with Gasteiger partial charge in [-0.05, 0) is 26.4 Å². The molecular formula is C8H15F3N2S. The Morgan fingerprint density at radius 3 is 2.36 bits per heavy atom. The van der Waals surface area contributed by atoms with Gasteiger partial charge in [-0.3, -0.25) is 0 Å². The van der Waals surface area contributed by atoms with Crippen LogP contribution in [0, 0.1) is 0 Å². The van der Waals surface area contributed by atoms with Gasteiger partial charge in [0, 0.05) is 6.54 Å². The molecule has 0 radical (unpaired) electrons. The van der Waals surface area contributed by atoms with Crippen LogP contribution in [0.1, 0.15) is 19.3 Å². The van der Waals surface area contributed by atoms with Gasteiger partial charge in [0.15, 0.2) is 0 Å². The van der Waals surface area contributed by atoms with Crippen LogP contribution in [0.25, 0.3) is 0 Å². The van der Waals surface area contributed by atoms with Crippen LogP contribution in [-0.2, 0) is 0 Å². The Labute approximate surface area is 87.2 Å². The summed E-state index contributed by atoms with van der Waals surface area (Å²) in [6.45, 7) is 0.619. The van der Waals surface area contributed by atoms with E-state index in [1.807, 2.05) is 0 Å². The van der Waals surface area contributed by atoms with Gasteiger partial charge in [0.1, 0.15) is 0 Å². The second kappa shape index (κ2) is 6.19. The lowest BCUT2D eigenvalue weighted by atomic mass is 10.3. The Balaban J connectivity index is 3.46. The maximum Gasteiger partial charge on any atom is 0.390 e. The fourth-order valence-corrected chi connectivity index (χ4v) is 1.10. The number of nitrogens with two attached hydrogens (primary N) is 1. The first kappa shape index (κ1) is 13.6. The zero-order chi connectivity index (χ0) is 11.2. The molecule has 0 aliphatic heterocycles. The largest absolute Gasteiger partial charge is 0.393 e. The third-order valence-electron chi connectivity index (χ3n) is 1.74. The van der Waals surface area contributed by atoms with Crippen molar-refractivity contribution in [2.45, 2.75) is 25.4 Å². The SMILES string of the molecule is CN(CCCC(N)=S)CCC(F)(F)F. The van der Waals surface area contributed by atoms with Crippen molar-refractivity contribution in [2.75, 3.05) is 20.1 Å². The molecule has 0 heterocycles. The van der Waals surface area contributed by atoms with Gasteiger partial charge in [-0.1, -0.05) is 12.2 Å². The maximum atomic E-state index is 11.8. The van der Waals surface area contributed by atoms with Crippen LogP contribution in [0.4, 0.5) is 13.2 Å². The summed E-state index contributed by atoms with van der Waals surface area (Å²) in [6, 6.07) is 0. The Hall–Kier alpha value is -0.360. The number of halogens is 3. The van der Waals surface area contributed by atoms with E-state index in [0.717, 1.165) is 0 Å². The van der Waals surface area contributed by atoms with Crippen molar-refractivity contribution in [1.29, 1.82) is 0 Å². The lowest BCUT2D eigenvalue weighted by Gasteiger charge is -2.17. The molecule has 0 aromatic carbocycles. The first-order valence-corrected chi connectivity index (χ1v) is 4.75. The summed E-state index contributed by atoms with van der Waals surface area (Å²) < 4.78 is 35.4. The number of thiocarbonyl (C=S) groups is 1. The number of rotatable bonds is 6. The van der Waals surface area contributed by atoms with Gasteiger partial charge in [-0.15, -0.1) is 0 Å². The van der Waals surface area contributed by atoms with Gasteiger partial charge in [-0.25, -0.2) is 0 Å². The molecule has 0 aliphatic rings. The highest BCUT2D eigenvalue weighted by atomic mass is 32.1. The molecule has 84 valence electrons. The van der Waals surface area contributed by atoms with Crippen LogP contribution in [-0.4, -0.2) is 36.2 Å². The Morgan fingerprint density at radius 2 is 1.93 bits per heavy atom. The van der Waals surface area contributed by atoms with E-state index in [0.29, 0.717) is 24.4 Å². The lowest BCUT2D eigenvalue weighted by Crippen LogP contribution is -2.26. The van der Waals surface area contributed by atoms with Crippen molar-refractivity contribution >= 4 is 17.2 Å². The van der Waals surface area contributed by atoms with Crippen LogP contribution in [0.3, 0.4) is 0 Å². The van der Waals surface area contributed by atoms with Crippen molar-refractivity contribution in [3.05, 3.63) is 0 Å². The third kappa shape index (κ3) is 9.73. The molecule has 2 N–H and O–H groups in total. The van der Waals surface area contributed by atoms with Crippen molar-refractivity contribution < 1.29 is 13.2 Å². The van der Waals surface area contributed by atoms with Crippen LogP contribution in [0.15, 0.2) is 0 Å². The van der Waals surface area contributed by atoms with E-state index in [4.69, 9.17) is 5.73 Å². The quantitative estimate of drug-likeness (QED) is 0.704. The first-order chi connectivity index (χ1) is 6.31. The zero-order valence-corrected chi connectivity index (χ0v) is 8.92. The predicted molar refractivity (Wildman–Crippen MR) is 54.2 cm³/mol. The molecule has 0 amide bonds. The average molecular weight is 228 g/mol. The molecule has 0 fully saturated rings. The highest BCUT2D eigenvalue weighted by Gasteiger charge is 2.26. The van der Waals surface area contributed by atoms with Crippen molar-refractivity contribution in [2.24, 2.45) is 5.73 Å². The number of alkyl halides is 3. The molecule has 0 aromatic heterocycles. The van der Waals surface area contributed by atoms with Crippen LogP contribution < -0.4 is 5.73 Å². The van der Waals surface area contributed by atoms with Gasteiger partial charge in [0.05, 0.1) is 11.4 Å². The van der Waals surface area contributed by atoms with Crippen LogP contribution >= 0.6 is 12.2 Å². The van der Waals surface area contributed by atoms with Crippen molar-refractivity contribution in [3.8, 4) is 0 Å². The van der Waals surface area contributed by atoms with E-state index in [1.54, 1.807) is 11.9 Å². The highest BCUT2D eigenvalue weighted by molar-refractivity contribution is 7.80. The molecule has 0 rings (SSSR count). The Bertz CT molecular complexity index is 182. The molecule has 0 aliphatic carbocycles. The van der Waals surface area contributed by atoms with Gasteiger partial charge in [0.25, 0.3) is 0 Å². The molecule has 0 spiro atoms. The fraction of sp³-hybridized carbons (Fsp3) is 0.875. The zero-order valence-electron chi connectivity index (χ0n) is 8.10. The van der Waals surface area contributed by atoms with E-state index < -0.39 is 12.6 Å². The summed E-state index contributed by atoms with van der Waals surface area (Å²) in [6.07, 6.45) is -3.54. The second-order valence-corrected chi connectivity index (χ2v) is 3.76. The lowest BCUT2D eigenvalue weighted by molar-refractivity contribution is -0.137.